The minimum absolute atomic E-state index is 0.0167. The van der Waals surface area contributed by atoms with Gasteiger partial charge in [-0.05, 0) is 29.8 Å². The van der Waals surface area contributed by atoms with Crippen molar-refractivity contribution in [3.8, 4) is 5.75 Å². The van der Waals surface area contributed by atoms with Crippen molar-refractivity contribution < 1.29 is 19.0 Å². The summed E-state index contributed by atoms with van der Waals surface area (Å²) in [4.78, 5) is 13.7. The number of likely N-dealkylation sites (N-methyl/N-ethyl adjacent to an activating group) is 1. The molecule has 0 saturated carbocycles. The molecule has 0 aliphatic rings. The average molecular weight is 303 g/mol. The fraction of sp³-hybridized carbons (Fsp3) is 0.235. The second kappa shape index (κ2) is 7.04. The summed E-state index contributed by atoms with van der Waals surface area (Å²) >= 11 is 0. The van der Waals surface area contributed by atoms with Gasteiger partial charge in [0.1, 0.15) is 11.6 Å². The molecule has 0 fully saturated rings. The molecule has 0 aromatic heterocycles. The van der Waals surface area contributed by atoms with Gasteiger partial charge in [0.15, 0.2) is 0 Å². The normalized spacial score (nSPS) is 11.8. The Bertz CT molecular complexity index is 643. The molecule has 116 valence electrons. The van der Waals surface area contributed by atoms with Crippen LogP contribution in [-0.2, 0) is 0 Å². The van der Waals surface area contributed by atoms with Crippen molar-refractivity contribution in [2.24, 2.45) is 0 Å². The van der Waals surface area contributed by atoms with E-state index in [0.29, 0.717) is 5.75 Å². The number of ether oxygens (including phenoxy) is 1. The zero-order valence-electron chi connectivity index (χ0n) is 12.5. The average Bonchev–Trinajstić information content (AvgIpc) is 2.56. The lowest BCUT2D eigenvalue weighted by Crippen LogP contribution is -2.33. The number of halogens is 1. The zero-order valence-corrected chi connectivity index (χ0v) is 12.5. The molecule has 2 aromatic rings. The molecule has 1 atom stereocenters. The van der Waals surface area contributed by atoms with Crippen LogP contribution in [0.4, 0.5) is 4.39 Å². The summed E-state index contributed by atoms with van der Waals surface area (Å²) in [6.45, 7) is -0.261. The largest absolute Gasteiger partial charge is 0.497 e. The van der Waals surface area contributed by atoms with Gasteiger partial charge in [0.05, 0.1) is 25.3 Å². The van der Waals surface area contributed by atoms with E-state index in [2.05, 4.69) is 0 Å². The Morgan fingerprint density at radius 2 is 1.86 bits per heavy atom. The van der Waals surface area contributed by atoms with Crippen LogP contribution in [0.1, 0.15) is 22.0 Å². The Morgan fingerprint density at radius 3 is 2.41 bits per heavy atom. The van der Waals surface area contributed by atoms with Gasteiger partial charge in [0.25, 0.3) is 5.91 Å². The van der Waals surface area contributed by atoms with Gasteiger partial charge in [-0.1, -0.05) is 24.3 Å². The molecular formula is C17H18FNO3. The van der Waals surface area contributed by atoms with Gasteiger partial charge in [-0.25, -0.2) is 4.39 Å². The van der Waals surface area contributed by atoms with Crippen LogP contribution in [0.5, 0.6) is 5.75 Å². The summed E-state index contributed by atoms with van der Waals surface area (Å²) in [6.07, 6.45) is 0. The molecule has 1 N–H and O–H groups in total. The van der Waals surface area contributed by atoms with E-state index in [1.165, 1.54) is 23.1 Å². The summed E-state index contributed by atoms with van der Waals surface area (Å²) < 4.78 is 18.8. The number of carbonyl (C=O) groups excluding carboxylic acids is 1. The number of hydrogen-bond acceptors (Lipinski definition) is 3. The molecule has 1 amide bonds. The summed E-state index contributed by atoms with van der Waals surface area (Å²) in [6, 6.07) is 12.3. The van der Waals surface area contributed by atoms with Crippen LogP contribution in [0.15, 0.2) is 48.5 Å². The fourth-order valence-electron chi connectivity index (χ4n) is 2.24. The highest BCUT2D eigenvalue weighted by atomic mass is 19.1. The third-order valence-electron chi connectivity index (χ3n) is 3.57. The van der Waals surface area contributed by atoms with Gasteiger partial charge in [-0.15, -0.1) is 0 Å². The first-order chi connectivity index (χ1) is 10.6. The molecule has 4 nitrogen and oxygen atoms in total. The van der Waals surface area contributed by atoms with Gasteiger partial charge in [-0.2, -0.15) is 0 Å². The Kier molecular flexibility index (Phi) is 5.12. The number of nitrogens with zero attached hydrogens (tertiary/aromatic N) is 1. The molecule has 22 heavy (non-hydrogen) atoms. The van der Waals surface area contributed by atoms with Crippen LogP contribution in [0.2, 0.25) is 0 Å². The predicted octanol–water partition coefficient (Wildman–Crippen LogP) is 2.64. The third kappa shape index (κ3) is 3.26. The van der Waals surface area contributed by atoms with E-state index >= 15 is 0 Å². The van der Waals surface area contributed by atoms with Crippen molar-refractivity contribution in [1.82, 2.24) is 4.90 Å². The van der Waals surface area contributed by atoms with Gasteiger partial charge in [-0.3, -0.25) is 4.79 Å². The Morgan fingerprint density at radius 1 is 1.23 bits per heavy atom. The Balaban J connectivity index is 2.26. The molecule has 0 aliphatic carbocycles. The van der Waals surface area contributed by atoms with E-state index in [1.54, 1.807) is 44.5 Å². The van der Waals surface area contributed by atoms with Gasteiger partial charge in [0.2, 0.25) is 0 Å². The first kappa shape index (κ1) is 16.0. The molecule has 0 spiro atoms. The second-order valence-electron chi connectivity index (χ2n) is 4.87. The van der Waals surface area contributed by atoms with Gasteiger partial charge < -0.3 is 14.7 Å². The van der Waals surface area contributed by atoms with Crippen LogP contribution >= 0.6 is 0 Å². The summed E-state index contributed by atoms with van der Waals surface area (Å²) in [5, 5.41) is 9.62. The van der Waals surface area contributed by atoms with Crippen LogP contribution in [0, 0.1) is 5.82 Å². The van der Waals surface area contributed by atoms with Crippen molar-refractivity contribution in [2.45, 2.75) is 6.04 Å². The van der Waals surface area contributed by atoms with E-state index in [1.807, 2.05) is 0 Å². The Hall–Kier alpha value is -2.40. The molecule has 0 radical (unpaired) electrons. The van der Waals surface area contributed by atoms with Crippen molar-refractivity contribution in [1.29, 1.82) is 0 Å². The first-order valence-electron chi connectivity index (χ1n) is 6.85. The molecule has 0 aliphatic heterocycles. The lowest BCUT2D eigenvalue weighted by atomic mass is 10.0. The molecular weight excluding hydrogens is 285 g/mol. The molecule has 5 heteroatoms. The monoisotopic (exact) mass is 303 g/mol. The molecule has 1 unspecified atom stereocenters. The topological polar surface area (TPSA) is 49.8 Å². The lowest BCUT2D eigenvalue weighted by Gasteiger charge is -2.27. The zero-order chi connectivity index (χ0) is 16.1. The number of benzene rings is 2. The van der Waals surface area contributed by atoms with E-state index < -0.39 is 17.8 Å². The number of amides is 1. The van der Waals surface area contributed by atoms with Crippen molar-refractivity contribution >= 4 is 5.91 Å². The van der Waals surface area contributed by atoms with E-state index in [9.17, 15) is 14.3 Å². The quantitative estimate of drug-likeness (QED) is 0.924. The first-order valence-corrected chi connectivity index (χ1v) is 6.85. The van der Waals surface area contributed by atoms with Crippen molar-refractivity contribution in [2.75, 3.05) is 20.8 Å². The minimum atomic E-state index is -0.578. The summed E-state index contributed by atoms with van der Waals surface area (Å²) in [7, 11) is 3.10. The number of aliphatic hydroxyl groups excluding tert-OH is 1. The van der Waals surface area contributed by atoms with Crippen LogP contribution in [0.25, 0.3) is 0 Å². The van der Waals surface area contributed by atoms with Crippen LogP contribution in [0.3, 0.4) is 0 Å². The standard InChI is InChI=1S/C17H18FNO3/c1-19(17(21)14-5-3-4-6-15(14)18)16(11-20)12-7-9-13(22-2)10-8-12/h3-10,16,20H,11H2,1-2H3. The number of methoxy groups -OCH3 is 1. The molecule has 2 rings (SSSR count). The van der Waals surface area contributed by atoms with E-state index in [0.717, 1.165) is 5.56 Å². The fourth-order valence-corrected chi connectivity index (χ4v) is 2.24. The van der Waals surface area contributed by atoms with Crippen molar-refractivity contribution in [3.63, 3.8) is 0 Å². The number of carbonyl (C=O) groups is 1. The summed E-state index contributed by atoms with van der Waals surface area (Å²) in [5.74, 6) is -0.373. The van der Waals surface area contributed by atoms with Crippen LogP contribution in [-0.4, -0.2) is 36.7 Å². The van der Waals surface area contributed by atoms with Gasteiger partial charge >= 0.3 is 0 Å². The predicted molar refractivity (Wildman–Crippen MR) is 81.3 cm³/mol. The molecule has 0 saturated heterocycles. The highest BCUT2D eigenvalue weighted by Gasteiger charge is 2.24. The highest BCUT2D eigenvalue weighted by Crippen LogP contribution is 2.23. The smallest absolute Gasteiger partial charge is 0.257 e. The summed E-state index contributed by atoms with van der Waals surface area (Å²) in [5.41, 5.74) is 0.729. The van der Waals surface area contributed by atoms with E-state index in [-0.39, 0.29) is 12.2 Å². The maximum absolute atomic E-state index is 13.7. The maximum Gasteiger partial charge on any atom is 0.257 e. The third-order valence-corrected chi connectivity index (χ3v) is 3.57. The number of aliphatic hydroxyl groups is 1. The molecule has 2 aromatic carbocycles. The maximum atomic E-state index is 13.7. The van der Waals surface area contributed by atoms with Crippen LogP contribution < -0.4 is 4.74 Å². The lowest BCUT2D eigenvalue weighted by molar-refractivity contribution is 0.0654. The van der Waals surface area contributed by atoms with Crippen molar-refractivity contribution in [3.05, 3.63) is 65.5 Å². The van der Waals surface area contributed by atoms with Gasteiger partial charge in [0, 0.05) is 7.05 Å². The Labute approximate surface area is 128 Å². The molecule has 0 heterocycles. The molecule has 0 bridgehead atoms. The highest BCUT2D eigenvalue weighted by molar-refractivity contribution is 5.94. The van der Waals surface area contributed by atoms with E-state index in [4.69, 9.17) is 4.74 Å². The number of rotatable bonds is 5. The minimum Gasteiger partial charge on any atom is -0.497 e. The number of hydrogen-bond donors (Lipinski definition) is 1. The second-order valence-corrected chi connectivity index (χ2v) is 4.87. The SMILES string of the molecule is COc1ccc(C(CO)N(C)C(=O)c2ccccc2F)cc1.